The van der Waals surface area contributed by atoms with Crippen molar-refractivity contribution in [3.05, 3.63) is 35.9 Å². The summed E-state index contributed by atoms with van der Waals surface area (Å²) in [6.07, 6.45) is 1.23. The van der Waals surface area contributed by atoms with E-state index in [1.165, 1.54) is 12.0 Å². The number of nitrogens with zero attached hydrogens (tertiary/aromatic N) is 1. The van der Waals surface area contributed by atoms with Crippen LogP contribution in [0, 0.1) is 0 Å². The first-order chi connectivity index (χ1) is 8.35. The van der Waals surface area contributed by atoms with Crippen LogP contribution in [0.4, 0.5) is 0 Å². The topological polar surface area (TPSA) is 38.5 Å². The normalized spacial score (nSPS) is 22.8. The highest BCUT2D eigenvalue weighted by Gasteiger charge is 2.28. The number of benzene rings is 1. The Kier molecular flexibility index (Phi) is 4.54. The van der Waals surface area contributed by atoms with Crippen molar-refractivity contribution >= 4 is 0 Å². The lowest BCUT2D eigenvalue weighted by atomic mass is 9.99. The van der Waals surface area contributed by atoms with E-state index in [9.17, 15) is 0 Å². The minimum absolute atomic E-state index is 0.369. The Bertz CT molecular complexity index is 328. The van der Waals surface area contributed by atoms with Crippen LogP contribution in [0.3, 0.4) is 0 Å². The first-order valence-corrected chi connectivity index (χ1v) is 6.33. The second-order valence-corrected chi connectivity index (χ2v) is 4.74. The van der Waals surface area contributed by atoms with Gasteiger partial charge in [0, 0.05) is 26.2 Å². The van der Waals surface area contributed by atoms with E-state index in [2.05, 4.69) is 35.2 Å². The van der Waals surface area contributed by atoms with E-state index in [-0.39, 0.29) is 0 Å². The number of methoxy groups -OCH3 is 1. The zero-order valence-corrected chi connectivity index (χ0v) is 10.5. The number of hydrogen-bond acceptors (Lipinski definition) is 3. The van der Waals surface area contributed by atoms with Crippen LogP contribution in [0.5, 0.6) is 0 Å². The number of likely N-dealkylation sites (tertiary alicyclic amines) is 1. The second kappa shape index (κ2) is 6.15. The van der Waals surface area contributed by atoms with Crippen molar-refractivity contribution in [1.29, 1.82) is 0 Å². The Morgan fingerprint density at radius 2 is 2.18 bits per heavy atom. The van der Waals surface area contributed by atoms with Crippen molar-refractivity contribution < 1.29 is 4.74 Å². The third-order valence-corrected chi connectivity index (χ3v) is 3.64. The zero-order valence-electron chi connectivity index (χ0n) is 10.5. The number of nitrogens with two attached hydrogens (primary N) is 1. The van der Waals surface area contributed by atoms with Gasteiger partial charge < -0.3 is 10.5 Å². The second-order valence-electron chi connectivity index (χ2n) is 4.74. The van der Waals surface area contributed by atoms with Crippen molar-refractivity contribution in [3.8, 4) is 0 Å². The third-order valence-electron chi connectivity index (χ3n) is 3.64. The lowest BCUT2D eigenvalue weighted by Crippen LogP contribution is -2.42. The molecule has 0 aliphatic carbocycles. The van der Waals surface area contributed by atoms with Crippen molar-refractivity contribution in [2.24, 2.45) is 5.73 Å². The standard InChI is InChI=1S/C14H22N2O/c1-17-11-14(9-15)16-8-7-13(10-16)12-5-3-2-4-6-12/h2-6,13-14H,7-11,15H2,1H3. The lowest BCUT2D eigenvalue weighted by Gasteiger charge is -2.26. The summed E-state index contributed by atoms with van der Waals surface area (Å²) in [5.41, 5.74) is 7.25. The average molecular weight is 234 g/mol. The van der Waals surface area contributed by atoms with Crippen LogP contribution in [-0.4, -0.2) is 44.3 Å². The molecule has 2 N–H and O–H groups in total. The van der Waals surface area contributed by atoms with E-state index in [4.69, 9.17) is 10.5 Å². The Morgan fingerprint density at radius 3 is 2.82 bits per heavy atom. The molecule has 2 rings (SSSR count). The number of hydrogen-bond donors (Lipinski definition) is 1. The largest absolute Gasteiger partial charge is 0.383 e. The third kappa shape index (κ3) is 3.06. The lowest BCUT2D eigenvalue weighted by molar-refractivity contribution is 0.108. The highest BCUT2D eigenvalue weighted by Crippen LogP contribution is 2.27. The summed E-state index contributed by atoms with van der Waals surface area (Å²) >= 11 is 0. The molecule has 0 saturated carbocycles. The molecule has 1 aromatic rings. The van der Waals surface area contributed by atoms with Gasteiger partial charge in [-0.25, -0.2) is 0 Å². The van der Waals surface area contributed by atoms with Gasteiger partial charge in [0.1, 0.15) is 0 Å². The minimum Gasteiger partial charge on any atom is -0.383 e. The van der Waals surface area contributed by atoms with Crippen LogP contribution >= 0.6 is 0 Å². The van der Waals surface area contributed by atoms with E-state index in [0.717, 1.165) is 19.7 Å². The summed E-state index contributed by atoms with van der Waals surface area (Å²) in [5.74, 6) is 0.655. The minimum atomic E-state index is 0.369. The van der Waals surface area contributed by atoms with Gasteiger partial charge in [0.15, 0.2) is 0 Å². The van der Waals surface area contributed by atoms with Gasteiger partial charge in [-0.1, -0.05) is 30.3 Å². The molecule has 1 saturated heterocycles. The van der Waals surface area contributed by atoms with Crippen LogP contribution < -0.4 is 5.73 Å². The molecular formula is C14H22N2O. The molecule has 0 amide bonds. The van der Waals surface area contributed by atoms with Gasteiger partial charge in [0.05, 0.1) is 6.61 Å². The van der Waals surface area contributed by atoms with Crippen molar-refractivity contribution in [2.75, 3.05) is 33.4 Å². The highest BCUT2D eigenvalue weighted by atomic mass is 16.5. The van der Waals surface area contributed by atoms with Gasteiger partial charge in [-0.3, -0.25) is 4.90 Å². The zero-order chi connectivity index (χ0) is 12.1. The highest BCUT2D eigenvalue weighted by molar-refractivity contribution is 5.21. The number of ether oxygens (including phenoxy) is 1. The molecule has 0 spiro atoms. The summed E-state index contributed by atoms with van der Waals surface area (Å²) in [6, 6.07) is 11.1. The fourth-order valence-electron chi connectivity index (χ4n) is 2.63. The van der Waals surface area contributed by atoms with Crippen molar-refractivity contribution in [3.63, 3.8) is 0 Å². The van der Waals surface area contributed by atoms with E-state index in [0.29, 0.717) is 18.5 Å². The van der Waals surface area contributed by atoms with E-state index in [1.807, 2.05) is 0 Å². The summed E-state index contributed by atoms with van der Waals surface area (Å²) < 4.78 is 5.23. The molecular weight excluding hydrogens is 212 g/mol. The molecule has 2 atom stereocenters. The van der Waals surface area contributed by atoms with E-state index in [1.54, 1.807) is 7.11 Å². The van der Waals surface area contributed by atoms with Crippen LogP contribution in [-0.2, 0) is 4.74 Å². The molecule has 0 bridgehead atoms. The molecule has 0 radical (unpaired) electrons. The van der Waals surface area contributed by atoms with Crippen LogP contribution in [0.2, 0.25) is 0 Å². The first-order valence-electron chi connectivity index (χ1n) is 6.33. The Balaban J connectivity index is 1.95. The quantitative estimate of drug-likeness (QED) is 0.838. The van der Waals surface area contributed by atoms with Gasteiger partial charge in [-0.15, -0.1) is 0 Å². The summed E-state index contributed by atoms with van der Waals surface area (Å²) in [7, 11) is 1.74. The molecule has 1 aromatic carbocycles. The fourth-order valence-corrected chi connectivity index (χ4v) is 2.63. The van der Waals surface area contributed by atoms with Gasteiger partial charge in [-0.2, -0.15) is 0 Å². The Hall–Kier alpha value is -0.900. The summed E-state index contributed by atoms with van der Waals surface area (Å²) in [5, 5.41) is 0. The fraction of sp³-hybridized carbons (Fsp3) is 0.571. The van der Waals surface area contributed by atoms with Crippen molar-refractivity contribution in [2.45, 2.75) is 18.4 Å². The van der Waals surface area contributed by atoms with E-state index < -0.39 is 0 Å². The van der Waals surface area contributed by atoms with Crippen molar-refractivity contribution in [1.82, 2.24) is 4.90 Å². The molecule has 3 heteroatoms. The van der Waals surface area contributed by atoms with E-state index >= 15 is 0 Å². The maximum absolute atomic E-state index is 5.80. The molecule has 1 heterocycles. The molecule has 3 nitrogen and oxygen atoms in total. The molecule has 17 heavy (non-hydrogen) atoms. The van der Waals surface area contributed by atoms with Crippen LogP contribution in [0.25, 0.3) is 0 Å². The molecule has 2 unspecified atom stereocenters. The molecule has 1 fully saturated rings. The van der Waals surface area contributed by atoms with Gasteiger partial charge >= 0.3 is 0 Å². The number of rotatable bonds is 5. The first kappa shape index (κ1) is 12.6. The van der Waals surface area contributed by atoms with Crippen LogP contribution in [0.1, 0.15) is 17.9 Å². The van der Waals surface area contributed by atoms with Gasteiger partial charge in [0.2, 0.25) is 0 Å². The molecule has 94 valence electrons. The SMILES string of the molecule is COCC(CN)N1CCC(c2ccccc2)C1. The summed E-state index contributed by atoms with van der Waals surface area (Å²) in [4.78, 5) is 2.46. The summed E-state index contributed by atoms with van der Waals surface area (Å²) in [6.45, 7) is 3.65. The maximum atomic E-state index is 5.80. The molecule has 0 aromatic heterocycles. The molecule has 1 aliphatic heterocycles. The smallest absolute Gasteiger partial charge is 0.0630 e. The van der Waals surface area contributed by atoms with Gasteiger partial charge in [-0.05, 0) is 24.4 Å². The monoisotopic (exact) mass is 234 g/mol. The predicted octanol–water partition coefficient (Wildman–Crippen LogP) is 1.45. The molecule has 1 aliphatic rings. The van der Waals surface area contributed by atoms with Gasteiger partial charge in [0.25, 0.3) is 0 Å². The Morgan fingerprint density at radius 1 is 1.41 bits per heavy atom. The maximum Gasteiger partial charge on any atom is 0.0630 e. The average Bonchev–Trinajstić information content (AvgIpc) is 2.86. The Labute approximate surface area is 104 Å². The van der Waals surface area contributed by atoms with Crippen LogP contribution in [0.15, 0.2) is 30.3 Å². The predicted molar refractivity (Wildman–Crippen MR) is 70.1 cm³/mol.